The Bertz CT molecular complexity index is 416. The van der Waals surface area contributed by atoms with Crippen LogP contribution in [0.3, 0.4) is 0 Å². The van der Waals surface area contributed by atoms with Crippen molar-refractivity contribution in [3.8, 4) is 0 Å². The third-order valence-electron chi connectivity index (χ3n) is 3.00. The third-order valence-corrected chi connectivity index (χ3v) is 3.23. The molecule has 0 aliphatic carbocycles. The maximum atomic E-state index is 5.63. The second-order valence-corrected chi connectivity index (χ2v) is 5.49. The molecule has 0 bridgehead atoms. The molecule has 0 radical (unpaired) electrons. The summed E-state index contributed by atoms with van der Waals surface area (Å²) in [7, 11) is 6.33. The number of nitrogens with zero attached hydrogens (tertiary/aromatic N) is 2. The zero-order valence-corrected chi connectivity index (χ0v) is 12.5. The first-order valence-electron chi connectivity index (χ1n) is 6.12. The van der Waals surface area contributed by atoms with Gasteiger partial charge in [-0.05, 0) is 45.3 Å². The molecule has 18 heavy (non-hydrogen) atoms. The van der Waals surface area contributed by atoms with Gasteiger partial charge in [0, 0.05) is 25.2 Å². The standard InChI is InChI=1S/C14H23N3S/c1-11-9-12(14(15)18)5-6-13(11)10-17(4)8-7-16(2)3/h5-6,9H,7-8,10H2,1-4H3,(H2,15,18). The fourth-order valence-electron chi connectivity index (χ4n) is 1.77. The van der Waals surface area contributed by atoms with Crippen molar-refractivity contribution in [3.05, 3.63) is 34.9 Å². The molecule has 2 N–H and O–H groups in total. The van der Waals surface area contributed by atoms with E-state index in [-0.39, 0.29) is 0 Å². The van der Waals surface area contributed by atoms with Gasteiger partial charge in [0.05, 0.1) is 0 Å². The molecule has 1 aromatic rings. The van der Waals surface area contributed by atoms with Crippen molar-refractivity contribution in [2.75, 3.05) is 34.2 Å². The summed E-state index contributed by atoms with van der Waals surface area (Å²) in [6, 6.07) is 6.19. The van der Waals surface area contributed by atoms with E-state index in [0.717, 1.165) is 25.2 Å². The number of benzene rings is 1. The largest absolute Gasteiger partial charge is 0.389 e. The van der Waals surface area contributed by atoms with Crippen LogP contribution in [0.2, 0.25) is 0 Å². The van der Waals surface area contributed by atoms with E-state index in [2.05, 4.69) is 50.0 Å². The highest BCUT2D eigenvalue weighted by Crippen LogP contribution is 2.13. The van der Waals surface area contributed by atoms with Crippen LogP contribution in [-0.2, 0) is 6.54 Å². The SMILES string of the molecule is Cc1cc(C(N)=S)ccc1CN(C)CCN(C)C. The van der Waals surface area contributed by atoms with Gasteiger partial charge in [-0.15, -0.1) is 0 Å². The molecule has 0 fully saturated rings. The van der Waals surface area contributed by atoms with Crippen LogP contribution in [0.5, 0.6) is 0 Å². The molecule has 0 atom stereocenters. The van der Waals surface area contributed by atoms with Gasteiger partial charge in [0.25, 0.3) is 0 Å². The lowest BCUT2D eigenvalue weighted by atomic mass is 10.0. The van der Waals surface area contributed by atoms with Crippen LogP contribution >= 0.6 is 12.2 Å². The lowest BCUT2D eigenvalue weighted by molar-refractivity contribution is 0.276. The Morgan fingerprint density at radius 1 is 1.22 bits per heavy atom. The molecule has 0 unspecified atom stereocenters. The van der Waals surface area contributed by atoms with E-state index in [0.29, 0.717) is 4.99 Å². The van der Waals surface area contributed by atoms with E-state index in [1.54, 1.807) is 0 Å². The normalized spacial score (nSPS) is 11.2. The molecule has 0 aromatic heterocycles. The van der Waals surface area contributed by atoms with Gasteiger partial charge in [0.2, 0.25) is 0 Å². The lowest BCUT2D eigenvalue weighted by Gasteiger charge is -2.20. The predicted molar refractivity (Wildman–Crippen MR) is 82.0 cm³/mol. The van der Waals surface area contributed by atoms with E-state index in [1.807, 2.05) is 6.07 Å². The number of nitrogens with two attached hydrogens (primary N) is 1. The fraction of sp³-hybridized carbons (Fsp3) is 0.500. The van der Waals surface area contributed by atoms with Crippen molar-refractivity contribution in [1.29, 1.82) is 0 Å². The van der Waals surface area contributed by atoms with Gasteiger partial charge in [-0.1, -0.05) is 24.4 Å². The number of hydrogen-bond donors (Lipinski definition) is 1. The van der Waals surface area contributed by atoms with Crippen LogP contribution in [0.1, 0.15) is 16.7 Å². The highest BCUT2D eigenvalue weighted by Gasteiger charge is 2.05. The Kier molecular flexibility index (Phi) is 5.72. The zero-order valence-electron chi connectivity index (χ0n) is 11.7. The highest BCUT2D eigenvalue weighted by atomic mass is 32.1. The molecule has 100 valence electrons. The third kappa shape index (κ3) is 4.72. The summed E-state index contributed by atoms with van der Waals surface area (Å²) in [5.74, 6) is 0. The lowest BCUT2D eigenvalue weighted by Crippen LogP contribution is -2.28. The average molecular weight is 265 g/mol. The smallest absolute Gasteiger partial charge is 0.103 e. The van der Waals surface area contributed by atoms with Crippen LogP contribution in [-0.4, -0.2) is 49.0 Å². The van der Waals surface area contributed by atoms with Crippen LogP contribution in [0.25, 0.3) is 0 Å². The number of thiocarbonyl (C=S) groups is 1. The summed E-state index contributed by atoms with van der Waals surface area (Å²) in [6.45, 7) is 5.19. The molecule has 0 aliphatic heterocycles. The molecule has 0 saturated heterocycles. The summed E-state index contributed by atoms with van der Waals surface area (Å²) in [5.41, 5.74) is 9.15. The van der Waals surface area contributed by atoms with E-state index in [4.69, 9.17) is 18.0 Å². The first-order chi connectivity index (χ1) is 8.40. The monoisotopic (exact) mass is 265 g/mol. The molecule has 0 aliphatic rings. The number of hydrogen-bond acceptors (Lipinski definition) is 3. The Morgan fingerprint density at radius 3 is 2.39 bits per heavy atom. The molecule has 0 saturated carbocycles. The van der Waals surface area contributed by atoms with Crippen molar-refractivity contribution in [3.63, 3.8) is 0 Å². The molecular formula is C14H23N3S. The van der Waals surface area contributed by atoms with Gasteiger partial charge in [-0.25, -0.2) is 0 Å². The van der Waals surface area contributed by atoms with Crippen molar-refractivity contribution >= 4 is 17.2 Å². The van der Waals surface area contributed by atoms with Crippen LogP contribution < -0.4 is 5.73 Å². The fourth-order valence-corrected chi connectivity index (χ4v) is 1.89. The summed E-state index contributed by atoms with van der Waals surface area (Å²) in [4.78, 5) is 4.98. The first-order valence-corrected chi connectivity index (χ1v) is 6.53. The molecular weight excluding hydrogens is 242 g/mol. The summed E-state index contributed by atoms with van der Waals surface area (Å²) in [6.07, 6.45) is 0. The molecule has 4 heteroatoms. The van der Waals surface area contributed by atoms with Crippen molar-refractivity contribution in [1.82, 2.24) is 9.80 Å². The Balaban J connectivity index is 2.64. The topological polar surface area (TPSA) is 32.5 Å². The van der Waals surface area contributed by atoms with E-state index in [1.165, 1.54) is 11.1 Å². The minimum absolute atomic E-state index is 0.464. The van der Waals surface area contributed by atoms with Crippen LogP contribution in [0.15, 0.2) is 18.2 Å². The predicted octanol–water partition coefficient (Wildman–Crippen LogP) is 1.62. The Morgan fingerprint density at radius 2 is 1.89 bits per heavy atom. The number of likely N-dealkylation sites (N-methyl/N-ethyl adjacent to an activating group) is 2. The summed E-state index contributed by atoms with van der Waals surface area (Å²) in [5, 5.41) is 0. The van der Waals surface area contributed by atoms with E-state index >= 15 is 0 Å². The van der Waals surface area contributed by atoms with Crippen molar-refractivity contribution < 1.29 is 0 Å². The quantitative estimate of drug-likeness (QED) is 0.792. The maximum absolute atomic E-state index is 5.63. The second kappa shape index (κ2) is 6.83. The minimum atomic E-state index is 0.464. The molecule has 0 amide bonds. The Hall–Kier alpha value is -0.970. The number of aryl methyl sites for hydroxylation is 1. The van der Waals surface area contributed by atoms with Crippen LogP contribution in [0.4, 0.5) is 0 Å². The molecule has 1 rings (SSSR count). The van der Waals surface area contributed by atoms with Crippen molar-refractivity contribution in [2.45, 2.75) is 13.5 Å². The highest BCUT2D eigenvalue weighted by molar-refractivity contribution is 7.80. The van der Waals surface area contributed by atoms with E-state index in [9.17, 15) is 0 Å². The molecule has 0 spiro atoms. The minimum Gasteiger partial charge on any atom is -0.389 e. The van der Waals surface area contributed by atoms with E-state index < -0.39 is 0 Å². The van der Waals surface area contributed by atoms with Gasteiger partial charge >= 0.3 is 0 Å². The van der Waals surface area contributed by atoms with Gasteiger partial charge in [-0.3, -0.25) is 0 Å². The second-order valence-electron chi connectivity index (χ2n) is 5.05. The van der Waals surface area contributed by atoms with Gasteiger partial charge in [0.1, 0.15) is 4.99 Å². The van der Waals surface area contributed by atoms with Crippen molar-refractivity contribution in [2.24, 2.45) is 5.73 Å². The Labute approximate surface area is 116 Å². The van der Waals surface area contributed by atoms with Crippen LogP contribution in [0, 0.1) is 6.92 Å². The zero-order chi connectivity index (χ0) is 13.7. The summed E-state index contributed by atoms with van der Waals surface area (Å²) < 4.78 is 0. The molecule has 1 aromatic carbocycles. The van der Waals surface area contributed by atoms with Gasteiger partial charge in [0.15, 0.2) is 0 Å². The first kappa shape index (κ1) is 15.1. The maximum Gasteiger partial charge on any atom is 0.103 e. The molecule has 3 nitrogen and oxygen atoms in total. The summed E-state index contributed by atoms with van der Waals surface area (Å²) >= 11 is 4.98. The number of rotatable bonds is 6. The van der Waals surface area contributed by atoms with Gasteiger partial charge < -0.3 is 15.5 Å². The average Bonchev–Trinajstić information content (AvgIpc) is 2.29. The molecule has 0 heterocycles. The van der Waals surface area contributed by atoms with Gasteiger partial charge in [-0.2, -0.15) is 0 Å².